The van der Waals surface area contributed by atoms with Crippen molar-refractivity contribution >= 4 is 11.8 Å². The highest BCUT2D eigenvalue weighted by atomic mass is 16.5. The van der Waals surface area contributed by atoms with Crippen LogP contribution >= 0.6 is 0 Å². The van der Waals surface area contributed by atoms with E-state index in [1.807, 2.05) is 37.3 Å². The molecule has 0 spiro atoms. The van der Waals surface area contributed by atoms with E-state index in [2.05, 4.69) is 17.9 Å². The molecular formula is C20H26O3. The molecule has 0 heterocycles. The molecule has 3 heteroatoms. The second-order valence-electron chi connectivity index (χ2n) is 4.84. The van der Waals surface area contributed by atoms with Crippen molar-refractivity contribution in [2.24, 2.45) is 0 Å². The van der Waals surface area contributed by atoms with E-state index in [0.717, 1.165) is 19.3 Å². The van der Waals surface area contributed by atoms with Gasteiger partial charge in [0.2, 0.25) is 0 Å². The number of carbonyl (C=O) groups excluding carboxylic acids is 2. The quantitative estimate of drug-likeness (QED) is 0.261. The molecule has 0 unspecified atom stereocenters. The molecule has 23 heavy (non-hydrogen) atoms. The fourth-order valence-corrected chi connectivity index (χ4v) is 1.61. The molecule has 0 saturated heterocycles. The predicted molar refractivity (Wildman–Crippen MR) is 94.7 cm³/mol. The topological polar surface area (TPSA) is 43.4 Å². The number of hydrogen-bond acceptors (Lipinski definition) is 3. The van der Waals surface area contributed by atoms with Crippen molar-refractivity contribution in [2.75, 3.05) is 6.61 Å². The van der Waals surface area contributed by atoms with Crippen molar-refractivity contribution in [3.8, 4) is 11.8 Å². The molecule has 0 bridgehead atoms. The Bertz CT molecular complexity index is 511. The third-order valence-corrected chi connectivity index (χ3v) is 2.76. The van der Waals surface area contributed by atoms with Gasteiger partial charge >= 0.3 is 5.97 Å². The van der Waals surface area contributed by atoms with E-state index >= 15 is 0 Å². The first-order valence-electron chi connectivity index (χ1n) is 7.92. The van der Waals surface area contributed by atoms with E-state index in [0.29, 0.717) is 12.8 Å². The summed E-state index contributed by atoms with van der Waals surface area (Å²) in [5.74, 6) is 5.61. The lowest BCUT2D eigenvalue weighted by Crippen LogP contribution is -2.06. The minimum atomic E-state index is -0.338. The van der Waals surface area contributed by atoms with Gasteiger partial charge in [0, 0.05) is 19.8 Å². The highest BCUT2D eigenvalue weighted by Crippen LogP contribution is 2.03. The van der Waals surface area contributed by atoms with Crippen molar-refractivity contribution < 1.29 is 14.3 Å². The average molecular weight is 314 g/mol. The van der Waals surface area contributed by atoms with E-state index in [-0.39, 0.29) is 18.4 Å². The van der Waals surface area contributed by atoms with E-state index in [1.165, 1.54) is 6.92 Å². The highest BCUT2D eigenvalue weighted by Gasteiger charge is 2.02. The van der Waals surface area contributed by atoms with E-state index < -0.39 is 0 Å². The van der Waals surface area contributed by atoms with Crippen LogP contribution in [0.15, 0.2) is 48.6 Å². The van der Waals surface area contributed by atoms with Crippen LogP contribution < -0.4 is 0 Å². The van der Waals surface area contributed by atoms with E-state index in [1.54, 1.807) is 12.2 Å². The first-order valence-corrected chi connectivity index (χ1v) is 7.92. The van der Waals surface area contributed by atoms with Gasteiger partial charge in [-0.05, 0) is 38.3 Å². The Labute approximate surface area is 139 Å². The lowest BCUT2D eigenvalue weighted by atomic mass is 10.1. The van der Waals surface area contributed by atoms with E-state index in [9.17, 15) is 9.59 Å². The predicted octanol–water partition coefficient (Wildman–Crippen LogP) is 4.32. The molecule has 0 atom stereocenters. The minimum absolute atomic E-state index is 0.149. The van der Waals surface area contributed by atoms with Gasteiger partial charge in [-0.1, -0.05) is 48.3 Å². The molecule has 0 N–H and O–H groups in total. The Kier molecular flexibility index (Phi) is 14.4. The second kappa shape index (κ2) is 16.0. The Morgan fingerprint density at radius 1 is 0.957 bits per heavy atom. The Morgan fingerprint density at radius 3 is 2.30 bits per heavy atom. The lowest BCUT2D eigenvalue weighted by Gasteiger charge is -2.01. The van der Waals surface area contributed by atoms with Crippen molar-refractivity contribution in [1.82, 2.24) is 0 Å². The maximum absolute atomic E-state index is 11.5. The third-order valence-electron chi connectivity index (χ3n) is 2.76. The van der Waals surface area contributed by atoms with Gasteiger partial charge in [0.1, 0.15) is 5.78 Å². The van der Waals surface area contributed by atoms with Crippen LogP contribution in [0, 0.1) is 11.8 Å². The number of carbonyl (C=O) groups is 2. The van der Waals surface area contributed by atoms with Crippen LogP contribution in [0.25, 0.3) is 0 Å². The smallest absolute Gasteiger partial charge is 0.302 e. The van der Waals surface area contributed by atoms with Gasteiger partial charge in [-0.15, -0.1) is 0 Å². The molecule has 0 amide bonds. The van der Waals surface area contributed by atoms with Gasteiger partial charge in [0.05, 0.1) is 6.61 Å². The molecule has 0 aromatic rings. The number of hydrogen-bond donors (Lipinski definition) is 0. The molecule has 0 aromatic heterocycles. The SMILES string of the molecule is CC=CC=CC#CC=CC=CCCCCC(=O)CCOC(C)=O. The van der Waals surface area contributed by atoms with Gasteiger partial charge in [-0.25, -0.2) is 0 Å². The van der Waals surface area contributed by atoms with Crippen LogP contribution in [-0.4, -0.2) is 18.4 Å². The molecular weight excluding hydrogens is 288 g/mol. The molecule has 0 aliphatic heterocycles. The third kappa shape index (κ3) is 17.6. The fraction of sp³-hybridized carbons (Fsp3) is 0.400. The van der Waals surface area contributed by atoms with Gasteiger partial charge in [0.25, 0.3) is 0 Å². The van der Waals surface area contributed by atoms with Crippen LogP contribution in [0.1, 0.15) is 46.0 Å². The van der Waals surface area contributed by atoms with Gasteiger partial charge in [0.15, 0.2) is 0 Å². The normalized spacial score (nSPS) is 11.4. The molecule has 0 aliphatic rings. The molecule has 0 rings (SSSR count). The summed E-state index contributed by atoms with van der Waals surface area (Å²) in [7, 11) is 0. The molecule has 0 saturated carbocycles. The van der Waals surface area contributed by atoms with Crippen LogP contribution in [0.5, 0.6) is 0 Å². The zero-order valence-corrected chi connectivity index (χ0v) is 14.1. The summed E-state index contributed by atoms with van der Waals surface area (Å²) < 4.78 is 4.73. The summed E-state index contributed by atoms with van der Waals surface area (Å²) in [6.45, 7) is 3.50. The van der Waals surface area contributed by atoms with Crippen molar-refractivity contribution in [2.45, 2.75) is 46.0 Å². The van der Waals surface area contributed by atoms with Gasteiger partial charge in [-0.3, -0.25) is 9.59 Å². The summed E-state index contributed by atoms with van der Waals surface area (Å²) in [5, 5.41) is 0. The highest BCUT2D eigenvalue weighted by molar-refractivity contribution is 5.78. The van der Waals surface area contributed by atoms with Crippen LogP contribution in [0.3, 0.4) is 0 Å². The monoisotopic (exact) mass is 314 g/mol. The van der Waals surface area contributed by atoms with Crippen LogP contribution in [0.2, 0.25) is 0 Å². The van der Waals surface area contributed by atoms with E-state index in [4.69, 9.17) is 4.74 Å². The molecule has 124 valence electrons. The van der Waals surface area contributed by atoms with Crippen LogP contribution in [-0.2, 0) is 14.3 Å². The lowest BCUT2D eigenvalue weighted by molar-refractivity contribution is -0.141. The number of ketones is 1. The standard InChI is InChI=1S/C20H26O3/c1-3-4-5-6-7-8-9-10-11-12-13-14-15-16-20(22)17-18-23-19(2)21/h3-6,9-12H,13-18H2,1-2H3. The minimum Gasteiger partial charge on any atom is -0.465 e. The summed E-state index contributed by atoms with van der Waals surface area (Å²) in [6.07, 6.45) is 19.0. The van der Waals surface area contributed by atoms with Crippen molar-refractivity contribution in [3.05, 3.63) is 48.6 Å². The number of unbranched alkanes of at least 4 members (excludes halogenated alkanes) is 2. The second-order valence-corrected chi connectivity index (χ2v) is 4.84. The zero-order valence-electron chi connectivity index (χ0n) is 14.1. The molecule has 0 aromatic carbocycles. The average Bonchev–Trinajstić information content (AvgIpc) is 2.51. The Hall–Kier alpha value is -2.34. The largest absolute Gasteiger partial charge is 0.465 e. The number of ether oxygens (including phenoxy) is 1. The summed E-state index contributed by atoms with van der Waals surface area (Å²) in [4.78, 5) is 22.0. The number of Topliss-reactive ketones (excluding diaryl/α,β-unsaturated/α-hetero) is 1. The fourth-order valence-electron chi connectivity index (χ4n) is 1.61. The molecule has 0 fully saturated rings. The van der Waals surface area contributed by atoms with Crippen molar-refractivity contribution in [3.63, 3.8) is 0 Å². The van der Waals surface area contributed by atoms with Gasteiger partial charge < -0.3 is 4.74 Å². The summed E-state index contributed by atoms with van der Waals surface area (Å²) >= 11 is 0. The maximum Gasteiger partial charge on any atom is 0.302 e. The number of rotatable bonds is 10. The number of esters is 1. The maximum atomic E-state index is 11.5. The Balaban J connectivity index is 3.60. The Morgan fingerprint density at radius 2 is 1.65 bits per heavy atom. The molecule has 0 aliphatic carbocycles. The first-order chi connectivity index (χ1) is 11.2. The summed E-state index contributed by atoms with van der Waals surface area (Å²) in [6, 6.07) is 0. The van der Waals surface area contributed by atoms with Crippen LogP contribution in [0.4, 0.5) is 0 Å². The summed E-state index contributed by atoms with van der Waals surface area (Å²) in [5.41, 5.74) is 0. The van der Waals surface area contributed by atoms with Crippen molar-refractivity contribution in [1.29, 1.82) is 0 Å². The number of allylic oxidation sites excluding steroid dienone is 8. The molecule has 3 nitrogen and oxygen atoms in total. The zero-order chi connectivity index (χ0) is 17.2. The van der Waals surface area contributed by atoms with Gasteiger partial charge in [-0.2, -0.15) is 0 Å². The first kappa shape index (κ1) is 20.7. The molecule has 0 radical (unpaired) electrons.